The van der Waals surface area contributed by atoms with Crippen molar-refractivity contribution in [3.63, 3.8) is 0 Å². The minimum atomic E-state index is 1.24. The Kier molecular flexibility index (Phi) is 20.3. The first-order chi connectivity index (χ1) is 14.0. The molecule has 0 spiro atoms. The van der Waals surface area contributed by atoms with Gasteiger partial charge in [-0.15, -0.1) is 0 Å². The summed E-state index contributed by atoms with van der Waals surface area (Å²) in [5, 5.41) is 0. The molecule has 1 rings (SSSR count). The molecule has 1 aliphatic carbocycles. The fourth-order valence-corrected chi connectivity index (χ4v) is 4.18. The fourth-order valence-electron chi connectivity index (χ4n) is 4.18. The van der Waals surface area contributed by atoms with Gasteiger partial charge in [0.1, 0.15) is 0 Å². The van der Waals surface area contributed by atoms with Crippen LogP contribution in [0.5, 0.6) is 0 Å². The molecular weight excluding hydrogens is 336 g/mol. The van der Waals surface area contributed by atoms with Gasteiger partial charge in [0.05, 0.1) is 0 Å². The predicted octanol–water partition coefficient (Wildman–Crippen LogP) is 10.3. The average molecular weight is 387 g/mol. The van der Waals surface area contributed by atoms with Crippen LogP contribution in [0.2, 0.25) is 0 Å². The number of hydrogen-bond donors (Lipinski definition) is 0. The van der Waals surface area contributed by atoms with Crippen molar-refractivity contribution < 1.29 is 0 Å². The second kappa shape index (κ2) is 22.5. The maximum absolute atomic E-state index is 2.33. The molecule has 0 aromatic carbocycles. The molecule has 0 nitrogen and oxygen atoms in total. The van der Waals surface area contributed by atoms with Gasteiger partial charge in [-0.2, -0.15) is 0 Å². The van der Waals surface area contributed by atoms with Crippen molar-refractivity contribution in [3.8, 4) is 0 Å². The van der Waals surface area contributed by atoms with Crippen LogP contribution in [0.4, 0.5) is 0 Å². The van der Waals surface area contributed by atoms with Crippen LogP contribution in [-0.2, 0) is 0 Å². The van der Waals surface area contributed by atoms with E-state index in [1.165, 1.54) is 141 Å². The van der Waals surface area contributed by atoms with Crippen LogP contribution >= 0.6 is 0 Å². The third kappa shape index (κ3) is 20.0. The molecular formula is C28H50. The minimum Gasteiger partial charge on any atom is -0.0845 e. The van der Waals surface area contributed by atoms with Gasteiger partial charge in [0.25, 0.3) is 0 Å². The van der Waals surface area contributed by atoms with Gasteiger partial charge in [0.2, 0.25) is 0 Å². The van der Waals surface area contributed by atoms with E-state index in [-0.39, 0.29) is 0 Å². The van der Waals surface area contributed by atoms with Crippen molar-refractivity contribution in [2.75, 3.05) is 0 Å². The van der Waals surface area contributed by atoms with Crippen LogP contribution < -0.4 is 0 Å². The van der Waals surface area contributed by atoms with E-state index in [1.807, 2.05) is 0 Å². The summed E-state index contributed by atoms with van der Waals surface area (Å²) >= 11 is 0. The second-order valence-corrected chi connectivity index (χ2v) is 8.89. The standard InChI is InChI=1S/C28H50/c1-2-4-6-8-10-12-14-16-18-20-22-24-26-28-27-25-23-21-19-17-15-13-11-9-7-5-3-1/h1-6H,7-28H2. The van der Waals surface area contributed by atoms with Crippen molar-refractivity contribution in [2.24, 2.45) is 0 Å². The topological polar surface area (TPSA) is 0 Å². The maximum atomic E-state index is 2.33. The molecule has 0 bridgehead atoms. The zero-order valence-corrected chi connectivity index (χ0v) is 19.0. The SMILES string of the molecule is C1=CC=CCCCCCCCCCCCCCCCCCCCCCCC=C1. The Hall–Kier alpha value is -0.780. The van der Waals surface area contributed by atoms with Crippen LogP contribution in [0.15, 0.2) is 36.5 Å². The number of allylic oxidation sites excluding steroid dienone is 6. The lowest BCUT2D eigenvalue weighted by Crippen LogP contribution is -1.84. The second-order valence-electron chi connectivity index (χ2n) is 8.89. The smallest absolute Gasteiger partial charge is 0.0348 e. The molecule has 1 aliphatic rings. The fraction of sp³-hybridized carbons (Fsp3) is 0.786. The molecule has 0 saturated carbocycles. The maximum Gasteiger partial charge on any atom is -0.0348 e. The van der Waals surface area contributed by atoms with Gasteiger partial charge in [0, 0.05) is 0 Å². The molecule has 28 heavy (non-hydrogen) atoms. The van der Waals surface area contributed by atoms with E-state index in [1.54, 1.807) is 0 Å². The lowest BCUT2D eigenvalue weighted by Gasteiger charge is -2.04. The molecule has 0 atom stereocenters. The molecule has 0 radical (unpaired) electrons. The van der Waals surface area contributed by atoms with Gasteiger partial charge < -0.3 is 0 Å². The monoisotopic (exact) mass is 386 g/mol. The van der Waals surface area contributed by atoms with Crippen molar-refractivity contribution in [2.45, 2.75) is 141 Å². The van der Waals surface area contributed by atoms with Gasteiger partial charge in [0.15, 0.2) is 0 Å². The van der Waals surface area contributed by atoms with Gasteiger partial charge >= 0.3 is 0 Å². The molecule has 0 aliphatic heterocycles. The highest BCUT2D eigenvalue weighted by atomic mass is 14.0. The van der Waals surface area contributed by atoms with Crippen LogP contribution in [0.1, 0.15) is 141 Å². The zero-order valence-electron chi connectivity index (χ0n) is 19.0. The van der Waals surface area contributed by atoms with Crippen molar-refractivity contribution in [1.29, 1.82) is 0 Å². The summed E-state index contributed by atoms with van der Waals surface area (Å²) in [5.41, 5.74) is 0. The lowest BCUT2D eigenvalue weighted by atomic mass is 10.0. The Bertz CT molecular complexity index is 337. The molecule has 0 N–H and O–H groups in total. The van der Waals surface area contributed by atoms with Crippen LogP contribution in [-0.4, -0.2) is 0 Å². The average Bonchev–Trinajstić information content (AvgIpc) is 2.71. The molecule has 0 fully saturated rings. The Morgan fingerprint density at radius 2 is 0.429 bits per heavy atom. The van der Waals surface area contributed by atoms with Crippen molar-refractivity contribution in [1.82, 2.24) is 0 Å². The van der Waals surface area contributed by atoms with Crippen molar-refractivity contribution >= 4 is 0 Å². The third-order valence-electron chi connectivity index (χ3n) is 6.10. The van der Waals surface area contributed by atoms with E-state index in [9.17, 15) is 0 Å². The predicted molar refractivity (Wildman–Crippen MR) is 129 cm³/mol. The van der Waals surface area contributed by atoms with E-state index >= 15 is 0 Å². The summed E-state index contributed by atoms with van der Waals surface area (Å²) in [6.07, 6.45) is 45.0. The highest BCUT2D eigenvalue weighted by Gasteiger charge is 1.95. The molecule has 0 amide bonds. The summed E-state index contributed by atoms with van der Waals surface area (Å²) in [4.78, 5) is 0. The van der Waals surface area contributed by atoms with Gasteiger partial charge in [-0.25, -0.2) is 0 Å². The van der Waals surface area contributed by atoms with E-state index in [4.69, 9.17) is 0 Å². The first-order valence-corrected chi connectivity index (χ1v) is 13.0. The molecule has 0 unspecified atom stereocenters. The molecule has 162 valence electrons. The molecule has 0 saturated heterocycles. The summed E-state index contributed by atoms with van der Waals surface area (Å²) in [7, 11) is 0. The Morgan fingerprint density at radius 3 is 0.679 bits per heavy atom. The van der Waals surface area contributed by atoms with E-state index in [2.05, 4.69) is 36.5 Å². The van der Waals surface area contributed by atoms with E-state index < -0.39 is 0 Å². The number of hydrogen-bond acceptors (Lipinski definition) is 0. The Balaban J connectivity index is 2.12. The van der Waals surface area contributed by atoms with Crippen LogP contribution in [0, 0.1) is 0 Å². The van der Waals surface area contributed by atoms with Crippen molar-refractivity contribution in [3.05, 3.63) is 36.5 Å². The minimum absolute atomic E-state index is 1.24. The highest BCUT2D eigenvalue weighted by molar-refractivity contribution is 5.10. The van der Waals surface area contributed by atoms with Gasteiger partial charge in [-0.1, -0.05) is 152 Å². The van der Waals surface area contributed by atoms with Crippen LogP contribution in [0.3, 0.4) is 0 Å². The molecule has 0 aromatic rings. The third-order valence-corrected chi connectivity index (χ3v) is 6.10. The summed E-state index contributed by atoms with van der Waals surface area (Å²) in [6, 6.07) is 0. The first-order valence-electron chi connectivity index (χ1n) is 13.0. The highest BCUT2D eigenvalue weighted by Crippen LogP contribution is 2.15. The summed E-state index contributed by atoms with van der Waals surface area (Å²) in [6.45, 7) is 0. The number of rotatable bonds is 0. The van der Waals surface area contributed by atoms with E-state index in [0.29, 0.717) is 0 Å². The van der Waals surface area contributed by atoms with E-state index in [0.717, 1.165) is 0 Å². The Labute approximate surface area is 178 Å². The lowest BCUT2D eigenvalue weighted by molar-refractivity contribution is 0.521. The molecule has 0 aromatic heterocycles. The zero-order chi connectivity index (χ0) is 19.8. The Morgan fingerprint density at radius 1 is 0.214 bits per heavy atom. The largest absolute Gasteiger partial charge is 0.0845 e. The molecule has 0 heterocycles. The summed E-state index contributed by atoms with van der Waals surface area (Å²) in [5.74, 6) is 0. The normalized spacial score (nSPS) is 22.3. The quantitative estimate of drug-likeness (QED) is 0.388. The van der Waals surface area contributed by atoms with Crippen LogP contribution in [0.25, 0.3) is 0 Å². The van der Waals surface area contributed by atoms with Gasteiger partial charge in [-0.3, -0.25) is 0 Å². The summed E-state index contributed by atoms with van der Waals surface area (Å²) < 4.78 is 0. The first kappa shape index (κ1) is 25.3. The van der Waals surface area contributed by atoms with Gasteiger partial charge in [-0.05, 0) is 25.7 Å². The molecule has 0 heteroatoms.